The predicted octanol–water partition coefficient (Wildman–Crippen LogP) is 1.77. The van der Waals surface area contributed by atoms with Crippen LogP contribution in [0.1, 0.15) is 29.4 Å². The smallest absolute Gasteiger partial charge is 0.305 e. The lowest BCUT2D eigenvalue weighted by molar-refractivity contribution is -0.137. The Hall–Kier alpha value is -2.63. The van der Waals surface area contributed by atoms with E-state index in [1.165, 1.54) is 0 Å². The molecule has 0 aliphatic carbocycles. The number of carbonyl (C=O) groups is 2. The molecule has 0 radical (unpaired) electrons. The number of hydrogen-bond acceptors (Lipinski definition) is 3. The third-order valence-electron chi connectivity index (χ3n) is 3.06. The monoisotopic (exact) mass is 287 g/mol. The van der Waals surface area contributed by atoms with E-state index in [1.54, 1.807) is 42.1 Å². The van der Waals surface area contributed by atoms with Gasteiger partial charge in [0.1, 0.15) is 0 Å². The number of aliphatic carboxylic acids is 1. The largest absolute Gasteiger partial charge is 0.481 e. The minimum Gasteiger partial charge on any atom is -0.481 e. The van der Waals surface area contributed by atoms with Gasteiger partial charge >= 0.3 is 5.97 Å². The molecule has 0 saturated heterocycles. The maximum atomic E-state index is 12.0. The number of aryl methyl sites for hydroxylation is 1. The molecule has 1 unspecified atom stereocenters. The average Bonchev–Trinajstić information content (AvgIpc) is 2.84. The Labute approximate surface area is 122 Å². The van der Waals surface area contributed by atoms with Gasteiger partial charge in [-0.05, 0) is 44.2 Å². The van der Waals surface area contributed by atoms with E-state index in [2.05, 4.69) is 10.4 Å². The SMILES string of the molecule is Cc1ccnn1-c1ccc(C(=O)NC(C)CC(=O)O)cc1. The molecule has 1 aromatic carbocycles. The number of nitrogens with zero attached hydrogens (tertiary/aromatic N) is 2. The molecule has 21 heavy (non-hydrogen) atoms. The minimum atomic E-state index is -0.938. The van der Waals surface area contributed by atoms with E-state index in [9.17, 15) is 9.59 Å². The summed E-state index contributed by atoms with van der Waals surface area (Å²) in [6, 6.07) is 8.48. The van der Waals surface area contributed by atoms with Crippen LogP contribution in [0.25, 0.3) is 5.69 Å². The first kappa shape index (κ1) is 14.8. The van der Waals surface area contributed by atoms with Gasteiger partial charge in [0.05, 0.1) is 12.1 Å². The second-order valence-corrected chi connectivity index (χ2v) is 4.90. The van der Waals surface area contributed by atoms with E-state index in [0.717, 1.165) is 11.4 Å². The molecule has 0 saturated carbocycles. The molecule has 0 spiro atoms. The number of carbonyl (C=O) groups excluding carboxylic acids is 1. The van der Waals surface area contributed by atoms with Gasteiger partial charge in [0.2, 0.25) is 0 Å². The average molecular weight is 287 g/mol. The third kappa shape index (κ3) is 3.68. The number of carboxylic acids is 1. The highest BCUT2D eigenvalue weighted by Gasteiger charge is 2.12. The Kier molecular flexibility index (Phi) is 4.37. The molecule has 110 valence electrons. The van der Waals surface area contributed by atoms with Gasteiger partial charge in [-0.25, -0.2) is 4.68 Å². The number of carboxylic acid groups (broad SMARTS) is 1. The van der Waals surface area contributed by atoms with E-state index < -0.39 is 12.0 Å². The Balaban J connectivity index is 2.07. The van der Waals surface area contributed by atoms with E-state index >= 15 is 0 Å². The van der Waals surface area contributed by atoms with Crippen molar-refractivity contribution in [1.29, 1.82) is 0 Å². The van der Waals surface area contributed by atoms with Gasteiger partial charge in [-0.3, -0.25) is 9.59 Å². The molecule has 0 aliphatic heterocycles. The van der Waals surface area contributed by atoms with Crippen LogP contribution in [0.3, 0.4) is 0 Å². The molecule has 0 bridgehead atoms. The highest BCUT2D eigenvalue weighted by molar-refractivity contribution is 5.94. The maximum absolute atomic E-state index is 12.0. The predicted molar refractivity (Wildman–Crippen MR) is 77.5 cm³/mol. The summed E-state index contributed by atoms with van der Waals surface area (Å²) in [6.45, 7) is 3.61. The van der Waals surface area contributed by atoms with Crippen molar-refractivity contribution in [2.75, 3.05) is 0 Å². The number of aromatic nitrogens is 2. The molecule has 1 heterocycles. The molecule has 1 aromatic heterocycles. The van der Waals surface area contributed by atoms with E-state index in [4.69, 9.17) is 5.11 Å². The van der Waals surface area contributed by atoms with Crippen LogP contribution >= 0.6 is 0 Å². The van der Waals surface area contributed by atoms with E-state index in [1.807, 2.05) is 13.0 Å². The summed E-state index contributed by atoms with van der Waals surface area (Å²) in [5.41, 5.74) is 2.36. The van der Waals surface area contributed by atoms with E-state index in [0.29, 0.717) is 5.56 Å². The Bertz CT molecular complexity index is 646. The molecule has 6 nitrogen and oxygen atoms in total. The number of amides is 1. The molecule has 6 heteroatoms. The summed E-state index contributed by atoms with van der Waals surface area (Å²) in [5, 5.41) is 15.5. The summed E-state index contributed by atoms with van der Waals surface area (Å²) in [5.74, 6) is -1.22. The molecule has 0 fully saturated rings. The van der Waals surface area contributed by atoms with Crippen LogP contribution in [0.2, 0.25) is 0 Å². The second-order valence-electron chi connectivity index (χ2n) is 4.90. The summed E-state index contributed by atoms with van der Waals surface area (Å²) in [7, 11) is 0. The number of rotatable bonds is 5. The highest BCUT2D eigenvalue weighted by Crippen LogP contribution is 2.11. The first-order chi connectivity index (χ1) is 9.97. The van der Waals surface area contributed by atoms with Crippen molar-refractivity contribution in [3.05, 3.63) is 47.8 Å². The topological polar surface area (TPSA) is 84.2 Å². The molecule has 2 aromatic rings. The van der Waals surface area contributed by atoms with Crippen molar-refractivity contribution in [2.45, 2.75) is 26.3 Å². The summed E-state index contributed by atoms with van der Waals surface area (Å²) in [4.78, 5) is 22.5. The van der Waals surface area contributed by atoms with Gasteiger partial charge in [-0.2, -0.15) is 5.10 Å². The van der Waals surface area contributed by atoms with Crippen LogP contribution in [-0.2, 0) is 4.79 Å². The van der Waals surface area contributed by atoms with Crippen molar-refractivity contribution in [3.8, 4) is 5.69 Å². The number of hydrogen-bond donors (Lipinski definition) is 2. The molecular weight excluding hydrogens is 270 g/mol. The van der Waals surface area contributed by atoms with Crippen molar-refractivity contribution in [3.63, 3.8) is 0 Å². The van der Waals surface area contributed by atoms with E-state index in [-0.39, 0.29) is 12.3 Å². The highest BCUT2D eigenvalue weighted by atomic mass is 16.4. The number of benzene rings is 1. The molecule has 0 aliphatic rings. The zero-order chi connectivity index (χ0) is 15.4. The lowest BCUT2D eigenvalue weighted by Gasteiger charge is -2.12. The van der Waals surface area contributed by atoms with Crippen LogP contribution in [0.4, 0.5) is 0 Å². The van der Waals surface area contributed by atoms with Gasteiger partial charge in [0.25, 0.3) is 5.91 Å². The fourth-order valence-electron chi connectivity index (χ4n) is 2.01. The lowest BCUT2D eigenvalue weighted by Crippen LogP contribution is -2.34. The van der Waals surface area contributed by atoms with Crippen LogP contribution in [0.15, 0.2) is 36.5 Å². The van der Waals surface area contributed by atoms with Gasteiger partial charge in [0.15, 0.2) is 0 Å². The van der Waals surface area contributed by atoms with Gasteiger partial charge in [0, 0.05) is 23.5 Å². The van der Waals surface area contributed by atoms with Crippen LogP contribution in [-0.4, -0.2) is 32.8 Å². The zero-order valence-corrected chi connectivity index (χ0v) is 11.9. The maximum Gasteiger partial charge on any atom is 0.305 e. The molecule has 1 amide bonds. The molecule has 1 atom stereocenters. The minimum absolute atomic E-state index is 0.101. The standard InChI is InChI=1S/C15H17N3O3/c1-10(9-14(19)20)17-15(21)12-3-5-13(6-4-12)18-11(2)7-8-16-18/h3-8,10H,9H2,1-2H3,(H,17,21)(H,19,20). The lowest BCUT2D eigenvalue weighted by atomic mass is 10.1. The van der Waals surface area contributed by atoms with Crippen molar-refractivity contribution in [2.24, 2.45) is 0 Å². The van der Waals surface area contributed by atoms with Crippen molar-refractivity contribution in [1.82, 2.24) is 15.1 Å². The van der Waals surface area contributed by atoms with Crippen molar-refractivity contribution >= 4 is 11.9 Å². The fraction of sp³-hybridized carbons (Fsp3) is 0.267. The Morgan fingerprint density at radius 3 is 2.48 bits per heavy atom. The van der Waals surface area contributed by atoms with Crippen molar-refractivity contribution < 1.29 is 14.7 Å². The first-order valence-electron chi connectivity index (χ1n) is 6.61. The van der Waals surface area contributed by atoms with Crippen LogP contribution in [0.5, 0.6) is 0 Å². The van der Waals surface area contributed by atoms with Gasteiger partial charge in [-0.15, -0.1) is 0 Å². The summed E-state index contributed by atoms with van der Waals surface area (Å²) < 4.78 is 1.77. The third-order valence-corrected chi connectivity index (χ3v) is 3.06. The number of nitrogens with one attached hydrogen (secondary N) is 1. The summed E-state index contributed by atoms with van der Waals surface area (Å²) in [6.07, 6.45) is 1.61. The van der Waals surface area contributed by atoms with Crippen LogP contribution in [0, 0.1) is 6.92 Å². The van der Waals surface area contributed by atoms with Gasteiger partial charge in [-0.1, -0.05) is 0 Å². The summed E-state index contributed by atoms with van der Waals surface area (Å²) >= 11 is 0. The molecule has 2 rings (SSSR count). The van der Waals surface area contributed by atoms with Crippen LogP contribution < -0.4 is 5.32 Å². The Morgan fingerprint density at radius 1 is 1.29 bits per heavy atom. The fourth-order valence-corrected chi connectivity index (χ4v) is 2.01. The van der Waals surface area contributed by atoms with Gasteiger partial charge < -0.3 is 10.4 Å². The first-order valence-corrected chi connectivity index (χ1v) is 6.61. The normalized spacial score (nSPS) is 11.9. The Morgan fingerprint density at radius 2 is 1.95 bits per heavy atom. The zero-order valence-electron chi connectivity index (χ0n) is 11.9. The quantitative estimate of drug-likeness (QED) is 0.877. The second kappa shape index (κ2) is 6.21. The molecule has 2 N–H and O–H groups in total. The molecular formula is C15H17N3O3.